The maximum Gasteiger partial charge on any atom is 0.329 e. The van der Waals surface area contributed by atoms with Crippen LogP contribution < -0.4 is 0 Å². The Kier molecular flexibility index (Phi) is 6.53. The minimum atomic E-state index is -1.64. The molecule has 1 amide bonds. The van der Waals surface area contributed by atoms with Crippen molar-refractivity contribution in [2.24, 2.45) is 5.92 Å². The van der Waals surface area contributed by atoms with Crippen LogP contribution in [0.3, 0.4) is 0 Å². The highest BCUT2D eigenvalue weighted by atomic mass is 16.6. The lowest BCUT2D eigenvalue weighted by Gasteiger charge is -2.31. The highest BCUT2D eigenvalue weighted by Gasteiger charge is 2.57. The molecule has 0 aliphatic carbocycles. The zero-order valence-electron chi connectivity index (χ0n) is 17.6. The van der Waals surface area contributed by atoms with E-state index in [1.807, 2.05) is 0 Å². The van der Waals surface area contributed by atoms with Crippen molar-refractivity contribution in [2.75, 3.05) is 13.7 Å². The molecule has 1 fully saturated rings. The van der Waals surface area contributed by atoms with E-state index in [0.717, 1.165) is 0 Å². The van der Waals surface area contributed by atoms with E-state index in [0.29, 0.717) is 11.1 Å². The fourth-order valence-electron chi connectivity index (χ4n) is 3.61. The summed E-state index contributed by atoms with van der Waals surface area (Å²) in [5.74, 6) is -2.67. The molecule has 1 saturated heterocycles. The first-order chi connectivity index (χ1) is 13.4. The fourth-order valence-corrected chi connectivity index (χ4v) is 3.61. The Balaban J connectivity index is 2.46. The SMILES string of the molecule is C=C(C)C1(O)CN(C(=O)c2ccccc2)[C@H](C(=O)OC)[C@H]1CC(=O)OC(C)(C)C. The van der Waals surface area contributed by atoms with Gasteiger partial charge < -0.3 is 19.5 Å². The molecule has 0 aromatic heterocycles. The molecule has 2 rings (SSSR count). The largest absolute Gasteiger partial charge is 0.467 e. The molecule has 3 atom stereocenters. The fraction of sp³-hybridized carbons (Fsp3) is 0.500. The lowest BCUT2D eigenvalue weighted by atomic mass is 9.79. The van der Waals surface area contributed by atoms with Gasteiger partial charge in [0.05, 0.1) is 20.1 Å². The lowest BCUT2D eigenvalue weighted by molar-refractivity contribution is -0.159. The van der Waals surface area contributed by atoms with Crippen molar-refractivity contribution in [3.63, 3.8) is 0 Å². The monoisotopic (exact) mass is 403 g/mol. The van der Waals surface area contributed by atoms with Gasteiger partial charge >= 0.3 is 11.9 Å². The minimum absolute atomic E-state index is 0.177. The number of hydrogen-bond donors (Lipinski definition) is 1. The molecule has 1 heterocycles. The van der Waals surface area contributed by atoms with Gasteiger partial charge in [0.15, 0.2) is 0 Å². The van der Waals surface area contributed by atoms with Gasteiger partial charge in [0.2, 0.25) is 0 Å². The second-order valence-electron chi connectivity index (χ2n) is 8.37. The normalized spacial score (nSPS) is 24.1. The maximum atomic E-state index is 13.1. The smallest absolute Gasteiger partial charge is 0.329 e. The molecule has 0 radical (unpaired) electrons. The summed E-state index contributed by atoms with van der Waals surface area (Å²) in [4.78, 5) is 39.5. The summed E-state index contributed by atoms with van der Waals surface area (Å²) >= 11 is 0. The van der Waals surface area contributed by atoms with Crippen molar-refractivity contribution >= 4 is 17.8 Å². The zero-order valence-corrected chi connectivity index (χ0v) is 17.6. The molecule has 7 nitrogen and oxygen atoms in total. The number of methoxy groups -OCH3 is 1. The van der Waals surface area contributed by atoms with E-state index in [2.05, 4.69) is 6.58 Å². The summed E-state index contributed by atoms with van der Waals surface area (Å²) in [6.45, 7) is 10.5. The molecule has 1 N–H and O–H groups in total. The topological polar surface area (TPSA) is 93.1 Å². The molecule has 0 saturated carbocycles. The molecule has 1 aromatic rings. The summed E-state index contributed by atoms with van der Waals surface area (Å²) in [6, 6.07) is 7.28. The van der Waals surface area contributed by atoms with Crippen molar-refractivity contribution in [2.45, 2.75) is 51.4 Å². The maximum absolute atomic E-state index is 13.1. The highest BCUT2D eigenvalue weighted by molar-refractivity contribution is 5.97. The molecule has 0 bridgehead atoms. The number of rotatable bonds is 5. The van der Waals surface area contributed by atoms with Crippen molar-refractivity contribution in [3.05, 3.63) is 48.0 Å². The molecule has 1 aliphatic rings. The van der Waals surface area contributed by atoms with E-state index in [9.17, 15) is 19.5 Å². The number of likely N-dealkylation sites (tertiary alicyclic amines) is 1. The summed E-state index contributed by atoms with van der Waals surface area (Å²) in [5.41, 5.74) is -1.65. The predicted molar refractivity (Wildman–Crippen MR) is 107 cm³/mol. The number of carbonyl (C=O) groups excluding carboxylic acids is 3. The number of aliphatic hydroxyl groups is 1. The standard InChI is InChI=1S/C22H29NO6/c1-14(2)22(27)13-23(19(25)15-10-8-7-9-11-15)18(20(26)28-6)16(22)12-17(24)29-21(3,4)5/h7-11,16,18,27H,1,12-13H2,2-6H3/t16-,18+,22?/m1/s1. The van der Waals surface area contributed by atoms with Crippen LogP contribution >= 0.6 is 0 Å². The summed E-state index contributed by atoms with van der Waals surface area (Å²) < 4.78 is 10.3. The molecular formula is C22H29NO6. The third-order valence-electron chi connectivity index (χ3n) is 5.01. The van der Waals surface area contributed by atoms with E-state index < -0.39 is 41.0 Å². The first-order valence-corrected chi connectivity index (χ1v) is 9.44. The third kappa shape index (κ3) is 4.85. The summed E-state index contributed by atoms with van der Waals surface area (Å²) in [7, 11) is 1.20. The van der Waals surface area contributed by atoms with Crippen LogP contribution in [0.4, 0.5) is 0 Å². The molecule has 0 spiro atoms. The molecular weight excluding hydrogens is 374 g/mol. The van der Waals surface area contributed by atoms with E-state index in [1.54, 1.807) is 58.0 Å². The van der Waals surface area contributed by atoms with Crippen molar-refractivity contribution in [3.8, 4) is 0 Å². The summed E-state index contributed by atoms with van der Waals surface area (Å²) in [6.07, 6.45) is -0.265. The number of ether oxygens (including phenoxy) is 2. The van der Waals surface area contributed by atoms with Crippen molar-refractivity contribution in [1.29, 1.82) is 0 Å². The van der Waals surface area contributed by atoms with Crippen molar-refractivity contribution < 1.29 is 29.0 Å². The second-order valence-corrected chi connectivity index (χ2v) is 8.37. The van der Waals surface area contributed by atoms with E-state index in [4.69, 9.17) is 9.47 Å². The van der Waals surface area contributed by atoms with Gasteiger partial charge in [-0.3, -0.25) is 9.59 Å². The summed E-state index contributed by atoms with van der Waals surface area (Å²) in [5, 5.41) is 11.3. The zero-order chi connectivity index (χ0) is 22.0. The first kappa shape index (κ1) is 22.6. The lowest BCUT2D eigenvalue weighted by Crippen LogP contribution is -2.46. The van der Waals surface area contributed by atoms with Crippen LogP contribution in [0.15, 0.2) is 42.5 Å². The van der Waals surface area contributed by atoms with Crippen LogP contribution in [-0.2, 0) is 19.1 Å². The van der Waals surface area contributed by atoms with Gasteiger partial charge in [-0.1, -0.05) is 24.8 Å². The Morgan fingerprint density at radius 1 is 1.24 bits per heavy atom. The third-order valence-corrected chi connectivity index (χ3v) is 5.01. The number of benzene rings is 1. The van der Waals surface area contributed by atoms with Crippen LogP contribution in [0.1, 0.15) is 44.5 Å². The highest BCUT2D eigenvalue weighted by Crippen LogP contribution is 2.41. The number of carbonyl (C=O) groups is 3. The average molecular weight is 403 g/mol. The minimum Gasteiger partial charge on any atom is -0.467 e. The molecule has 29 heavy (non-hydrogen) atoms. The molecule has 1 unspecified atom stereocenters. The van der Waals surface area contributed by atoms with Crippen LogP contribution in [0.5, 0.6) is 0 Å². The Hall–Kier alpha value is -2.67. The Labute approximate surface area is 171 Å². The van der Waals surface area contributed by atoms with Gasteiger partial charge in [-0.15, -0.1) is 0 Å². The van der Waals surface area contributed by atoms with Gasteiger partial charge in [-0.2, -0.15) is 0 Å². The van der Waals surface area contributed by atoms with Gasteiger partial charge in [0.25, 0.3) is 5.91 Å². The van der Waals surface area contributed by atoms with E-state index in [1.165, 1.54) is 12.0 Å². The van der Waals surface area contributed by atoms with Crippen molar-refractivity contribution in [1.82, 2.24) is 4.90 Å². The van der Waals surface area contributed by atoms with Gasteiger partial charge in [-0.05, 0) is 45.4 Å². The first-order valence-electron chi connectivity index (χ1n) is 9.44. The Morgan fingerprint density at radius 2 is 1.83 bits per heavy atom. The molecule has 158 valence electrons. The number of nitrogens with zero attached hydrogens (tertiary/aromatic N) is 1. The molecule has 1 aliphatic heterocycles. The molecule has 1 aromatic carbocycles. The Bertz CT molecular complexity index is 797. The quantitative estimate of drug-likeness (QED) is 0.599. The number of amides is 1. The number of hydrogen-bond acceptors (Lipinski definition) is 6. The van der Waals surface area contributed by atoms with E-state index >= 15 is 0 Å². The van der Waals surface area contributed by atoms with Crippen LogP contribution in [0.25, 0.3) is 0 Å². The van der Waals surface area contributed by atoms with Gasteiger partial charge in [0, 0.05) is 11.5 Å². The predicted octanol–water partition coefficient (Wildman–Crippen LogP) is 2.34. The second kappa shape index (κ2) is 8.37. The van der Waals surface area contributed by atoms with Crippen LogP contribution in [-0.4, -0.2) is 58.8 Å². The Morgan fingerprint density at radius 3 is 2.31 bits per heavy atom. The van der Waals surface area contributed by atoms with Gasteiger partial charge in [-0.25, -0.2) is 4.79 Å². The average Bonchev–Trinajstić information content (AvgIpc) is 2.93. The number of β-amino-alcohol motifs (C(OH)–C–C–N with tert-alkyl or cyclic N) is 1. The van der Waals surface area contributed by atoms with E-state index in [-0.39, 0.29) is 13.0 Å². The van der Waals surface area contributed by atoms with Crippen LogP contribution in [0, 0.1) is 5.92 Å². The molecule has 7 heteroatoms. The number of esters is 2. The van der Waals surface area contributed by atoms with Crippen LogP contribution in [0.2, 0.25) is 0 Å². The van der Waals surface area contributed by atoms with Gasteiger partial charge in [0.1, 0.15) is 17.2 Å².